The number of hydrogen-bond donors (Lipinski definition) is 0. The van der Waals surface area contributed by atoms with Gasteiger partial charge in [0.25, 0.3) is 0 Å². The third-order valence-electron chi connectivity index (χ3n) is 4.67. The van der Waals surface area contributed by atoms with Crippen LogP contribution in [0.5, 0.6) is 0 Å². The maximum absolute atomic E-state index is 12.7. The van der Waals surface area contributed by atoms with Crippen LogP contribution in [0.3, 0.4) is 0 Å². The van der Waals surface area contributed by atoms with Gasteiger partial charge in [0.1, 0.15) is 5.78 Å². The summed E-state index contributed by atoms with van der Waals surface area (Å²) in [5.41, 5.74) is 1.10. The molecule has 2 heterocycles. The number of carbonyl (C=O) groups is 1. The van der Waals surface area contributed by atoms with Crippen molar-refractivity contribution >= 4 is 33.5 Å². The summed E-state index contributed by atoms with van der Waals surface area (Å²) in [4.78, 5) is 12.7. The van der Waals surface area contributed by atoms with Gasteiger partial charge in [-0.1, -0.05) is 34.1 Å². The summed E-state index contributed by atoms with van der Waals surface area (Å²) in [5.74, 6) is 2.90. The number of benzene rings is 1. The van der Waals surface area contributed by atoms with Gasteiger partial charge in [-0.3, -0.25) is 4.79 Å². The van der Waals surface area contributed by atoms with E-state index in [0.717, 1.165) is 42.3 Å². The minimum Gasteiger partial charge on any atom is -0.375 e. The van der Waals surface area contributed by atoms with Crippen molar-refractivity contribution in [1.29, 1.82) is 0 Å². The normalized spacial score (nSPS) is 24.9. The molecule has 2 aliphatic heterocycles. The van der Waals surface area contributed by atoms with Gasteiger partial charge in [-0.2, -0.15) is 11.8 Å². The third kappa shape index (κ3) is 3.72. The second-order valence-electron chi connectivity index (χ2n) is 6.07. The smallest absolute Gasteiger partial charge is 0.140 e. The minimum absolute atomic E-state index is 0.00224. The fourth-order valence-electron chi connectivity index (χ4n) is 3.37. The molecule has 0 radical (unpaired) electrons. The van der Waals surface area contributed by atoms with Gasteiger partial charge in [0.2, 0.25) is 0 Å². The Bertz CT molecular complexity index is 506. The summed E-state index contributed by atoms with van der Waals surface area (Å²) in [6.07, 6.45) is 4.57. The summed E-state index contributed by atoms with van der Waals surface area (Å²) in [6.45, 7) is 0.747. The van der Waals surface area contributed by atoms with E-state index < -0.39 is 0 Å². The van der Waals surface area contributed by atoms with Gasteiger partial charge in [-0.25, -0.2) is 0 Å². The van der Waals surface area contributed by atoms with Crippen molar-refractivity contribution in [3.8, 4) is 0 Å². The molecule has 0 amide bonds. The molecule has 1 aromatic rings. The largest absolute Gasteiger partial charge is 0.375 e. The molecule has 2 aliphatic rings. The highest BCUT2D eigenvalue weighted by Crippen LogP contribution is 2.40. The van der Waals surface area contributed by atoms with Crippen molar-refractivity contribution in [1.82, 2.24) is 0 Å². The molecule has 2 saturated heterocycles. The van der Waals surface area contributed by atoms with Crippen LogP contribution in [0.15, 0.2) is 28.7 Å². The van der Waals surface area contributed by atoms with E-state index in [1.807, 2.05) is 36.0 Å². The number of Topliss-reactive ketones (excluding diaryl/α,β-unsaturated/α-hetero) is 1. The van der Waals surface area contributed by atoms with Crippen molar-refractivity contribution in [2.75, 3.05) is 18.1 Å². The zero-order chi connectivity index (χ0) is 14.7. The number of ether oxygens (including phenoxy) is 1. The van der Waals surface area contributed by atoms with Crippen LogP contribution in [0.4, 0.5) is 0 Å². The summed E-state index contributed by atoms with van der Waals surface area (Å²) in [6, 6.07) is 8.03. The number of hydrogen-bond acceptors (Lipinski definition) is 3. The van der Waals surface area contributed by atoms with Gasteiger partial charge in [0.15, 0.2) is 0 Å². The van der Waals surface area contributed by atoms with Crippen LogP contribution in [-0.2, 0) is 16.0 Å². The van der Waals surface area contributed by atoms with Crippen LogP contribution in [0.25, 0.3) is 0 Å². The Morgan fingerprint density at radius 2 is 2.10 bits per heavy atom. The lowest BCUT2D eigenvalue weighted by molar-refractivity contribution is -0.137. The van der Waals surface area contributed by atoms with Crippen LogP contribution in [0.1, 0.15) is 31.2 Å². The molecule has 0 saturated carbocycles. The minimum atomic E-state index is -0.00224. The molecule has 3 rings (SSSR count). The van der Waals surface area contributed by atoms with Crippen molar-refractivity contribution in [2.45, 2.75) is 37.7 Å². The Hall–Kier alpha value is -0.320. The molecule has 1 spiro atoms. The van der Waals surface area contributed by atoms with Gasteiger partial charge >= 0.3 is 0 Å². The Morgan fingerprint density at radius 1 is 1.33 bits per heavy atom. The van der Waals surface area contributed by atoms with Gasteiger partial charge in [-0.15, -0.1) is 0 Å². The number of rotatable bonds is 3. The van der Waals surface area contributed by atoms with E-state index in [-0.39, 0.29) is 11.5 Å². The SMILES string of the molecule is O=C(Cc1ccccc1Br)C1CCOC2(CCSCC2)C1. The topological polar surface area (TPSA) is 26.3 Å². The molecule has 1 atom stereocenters. The average molecular weight is 369 g/mol. The molecule has 114 valence electrons. The first kappa shape index (κ1) is 15.6. The van der Waals surface area contributed by atoms with Crippen molar-refractivity contribution < 1.29 is 9.53 Å². The van der Waals surface area contributed by atoms with Crippen LogP contribution in [0, 0.1) is 5.92 Å². The predicted octanol–water partition coefficient (Wildman–Crippen LogP) is 4.25. The Labute approximate surface area is 139 Å². The third-order valence-corrected chi connectivity index (χ3v) is 6.43. The Morgan fingerprint density at radius 3 is 2.86 bits per heavy atom. The van der Waals surface area contributed by atoms with Gasteiger partial charge in [0, 0.05) is 23.4 Å². The molecule has 0 bridgehead atoms. The first-order valence-corrected chi connectivity index (χ1v) is 9.61. The summed E-state index contributed by atoms with van der Waals surface area (Å²) >= 11 is 5.54. The summed E-state index contributed by atoms with van der Waals surface area (Å²) in [7, 11) is 0. The lowest BCUT2D eigenvalue weighted by Gasteiger charge is -2.43. The van der Waals surface area contributed by atoms with Crippen LogP contribution >= 0.6 is 27.7 Å². The van der Waals surface area contributed by atoms with E-state index in [4.69, 9.17) is 4.74 Å². The molecule has 2 fully saturated rings. The lowest BCUT2D eigenvalue weighted by atomic mass is 9.79. The Balaban J connectivity index is 1.66. The molecule has 4 heteroatoms. The lowest BCUT2D eigenvalue weighted by Crippen LogP contribution is -2.44. The molecule has 1 unspecified atom stereocenters. The number of thioether (sulfide) groups is 1. The predicted molar refractivity (Wildman–Crippen MR) is 90.8 cm³/mol. The van der Waals surface area contributed by atoms with Gasteiger partial charge in [-0.05, 0) is 48.8 Å². The fraction of sp³-hybridized carbons (Fsp3) is 0.588. The fourth-order valence-corrected chi connectivity index (χ4v) is 5.03. The van der Waals surface area contributed by atoms with Crippen LogP contribution in [0.2, 0.25) is 0 Å². The quantitative estimate of drug-likeness (QED) is 0.797. The molecular formula is C17H21BrO2S. The molecule has 2 nitrogen and oxygen atoms in total. The van der Waals surface area contributed by atoms with Crippen LogP contribution < -0.4 is 0 Å². The molecule has 1 aromatic carbocycles. The van der Waals surface area contributed by atoms with Crippen molar-refractivity contribution in [2.24, 2.45) is 5.92 Å². The monoisotopic (exact) mass is 368 g/mol. The highest BCUT2D eigenvalue weighted by molar-refractivity contribution is 9.10. The van der Waals surface area contributed by atoms with Gasteiger partial charge in [0.05, 0.1) is 5.60 Å². The highest BCUT2D eigenvalue weighted by Gasteiger charge is 2.40. The summed E-state index contributed by atoms with van der Waals surface area (Å²) in [5, 5.41) is 0. The first-order chi connectivity index (χ1) is 10.2. The van der Waals surface area contributed by atoms with Crippen molar-refractivity contribution in [3.05, 3.63) is 34.3 Å². The molecule has 21 heavy (non-hydrogen) atoms. The highest BCUT2D eigenvalue weighted by atomic mass is 79.9. The molecule has 0 aliphatic carbocycles. The van der Waals surface area contributed by atoms with E-state index in [1.165, 1.54) is 11.5 Å². The maximum Gasteiger partial charge on any atom is 0.140 e. The van der Waals surface area contributed by atoms with E-state index in [2.05, 4.69) is 15.9 Å². The molecule has 0 N–H and O–H groups in total. The number of halogens is 1. The summed E-state index contributed by atoms with van der Waals surface area (Å²) < 4.78 is 7.12. The number of carbonyl (C=O) groups excluding carboxylic acids is 1. The van der Waals surface area contributed by atoms with Gasteiger partial charge < -0.3 is 4.74 Å². The number of ketones is 1. The maximum atomic E-state index is 12.7. The zero-order valence-corrected chi connectivity index (χ0v) is 14.5. The molecular weight excluding hydrogens is 348 g/mol. The first-order valence-electron chi connectivity index (χ1n) is 7.66. The molecule has 0 aromatic heterocycles. The Kier molecular flexibility index (Phi) is 5.07. The van der Waals surface area contributed by atoms with E-state index in [9.17, 15) is 4.79 Å². The van der Waals surface area contributed by atoms with E-state index in [1.54, 1.807) is 0 Å². The van der Waals surface area contributed by atoms with E-state index in [0.29, 0.717) is 12.2 Å². The average Bonchev–Trinajstić information content (AvgIpc) is 2.50. The van der Waals surface area contributed by atoms with Crippen LogP contribution in [-0.4, -0.2) is 29.5 Å². The second kappa shape index (κ2) is 6.84. The standard InChI is InChI=1S/C17H21BrO2S/c18-15-4-2-1-3-13(15)11-16(19)14-5-8-20-17(12-14)6-9-21-10-7-17/h1-4,14H,5-12H2. The zero-order valence-electron chi connectivity index (χ0n) is 12.1. The van der Waals surface area contributed by atoms with Crippen molar-refractivity contribution in [3.63, 3.8) is 0 Å². The second-order valence-corrected chi connectivity index (χ2v) is 8.15. The van der Waals surface area contributed by atoms with E-state index >= 15 is 0 Å².